The lowest BCUT2D eigenvalue weighted by Crippen LogP contribution is -1.80. The van der Waals surface area contributed by atoms with Crippen molar-refractivity contribution in [3.63, 3.8) is 0 Å². The molecule has 0 saturated carbocycles. The van der Waals surface area contributed by atoms with Crippen molar-refractivity contribution in [2.75, 3.05) is 11.5 Å². The fourth-order valence-corrected chi connectivity index (χ4v) is 2.46. The Morgan fingerprint density at radius 1 is 1.42 bits per heavy atom. The Kier molecular flexibility index (Phi) is 9.57. The molecule has 0 heterocycles. The maximum atomic E-state index is 4.18. The van der Waals surface area contributed by atoms with Gasteiger partial charge in [-0.25, -0.2) is 0 Å². The third-order valence-corrected chi connectivity index (χ3v) is 3.64. The number of halogens is 1. The van der Waals surface area contributed by atoms with Crippen LogP contribution in [-0.2, 0) is 0 Å². The summed E-state index contributed by atoms with van der Waals surface area (Å²) in [6.45, 7) is 4.44. The van der Waals surface area contributed by atoms with Crippen LogP contribution in [0.1, 0.15) is 39.5 Å². The van der Waals surface area contributed by atoms with Gasteiger partial charge in [-0.1, -0.05) is 18.6 Å². The van der Waals surface area contributed by atoms with Gasteiger partial charge < -0.3 is 0 Å². The lowest BCUT2D eigenvalue weighted by atomic mass is 10.1. The predicted molar refractivity (Wildman–Crippen MR) is 65.1 cm³/mol. The highest BCUT2D eigenvalue weighted by Crippen LogP contribution is 2.10. The summed E-state index contributed by atoms with van der Waals surface area (Å²) in [5.41, 5.74) is 1.56. The molecular weight excluding hydrogens is 261 g/mol. The van der Waals surface area contributed by atoms with E-state index in [0.717, 1.165) is 0 Å². The van der Waals surface area contributed by atoms with Gasteiger partial charge in [0.1, 0.15) is 0 Å². The van der Waals surface area contributed by atoms with Crippen molar-refractivity contribution in [2.24, 2.45) is 3.15 Å². The van der Waals surface area contributed by atoms with Crippen molar-refractivity contribution >= 4 is 21.0 Å². The van der Waals surface area contributed by atoms with Gasteiger partial charge in [-0.15, -0.1) is 0 Å². The van der Waals surface area contributed by atoms with Gasteiger partial charge in [0.15, 0.2) is 0 Å². The Morgan fingerprint density at radius 2 is 2.17 bits per heavy atom. The number of hydrogen-bond acceptors (Lipinski definition) is 1. The molecule has 12 heavy (non-hydrogen) atoms. The molecule has 0 bridgehead atoms. The van der Waals surface area contributed by atoms with Crippen LogP contribution in [0.3, 0.4) is 0 Å². The summed E-state index contributed by atoms with van der Waals surface area (Å²) < 4.78 is 5.55. The molecule has 0 aromatic carbocycles. The lowest BCUT2D eigenvalue weighted by molar-refractivity contribution is 0.797. The molecular formula is C10H20IN. The summed E-state index contributed by atoms with van der Waals surface area (Å²) in [4.78, 5) is 0. The number of nitrogens with zero attached hydrogens (tertiary/aromatic N) is 1. The van der Waals surface area contributed by atoms with Crippen molar-refractivity contribution in [3.8, 4) is 0 Å². The molecule has 0 radical (unpaired) electrons. The van der Waals surface area contributed by atoms with E-state index < -0.39 is 0 Å². The minimum Gasteiger partial charge on any atom is -0.266 e. The minimum absolute atomic E-state index is 0.193. The average molecular weight is 281 g/mol. The van der Waals surface area contributed by atoms with Gasteiger partial charge in [0.25, 0.3) is 0 Å². The maximum absolute atomic E-state index is 4.18. The van der Waals surface area contributed by atoms with E-state index in [-0.39, 0.29) is 21.0 Å². The third-order valence-electron chi connectivity index (χ3n) is 1.71. The first kappa shape index (κ1) is 12.3. The van der Waals surface area contributed by atoms with Crippen LogP contribution in [0.2, 0.25) is 0 Å². The van der Waals surface area contributed by atoms with Gasteiger partial charge >= 0.3 is 0 Å². The number of rotatable bonds is 6. The summed E-state index contributed by atoms with van der Waals surface area (Å²) in [7, 11) is 1.94. The minimum atomic E-state index is 0.193. The summed E-state index contributed by atoms with van der Waals surface area (Å²) in [6, 6.07) is 0. The third kappa shape index (κ3) is 8.37. The molecule has 0 aliphatic heterocycles. The van der Waals surface area contributed by atoms with Crippen LogP contribution in [-0.4, -0.2) is 11.5 Å². The van der Waals surface area contributed by atoms with Crippen LogP contribution < -0.4 is 0 Å². The number of alkyl halides is 1. The fourth-order valence-electron chi connectivity index (χ4n) is 1.09. The van der Waals surface area contributed by atoms with E-state index in [9.17, 15) is 0 Å². The van der Waals surface area contributed by atoms with E-state index in [2.05, 4.69) is 23.1 Å². The van der Waals surface area contributed by atoms with Gasteiger partial charge in [-0.05, 0) is 53.6 Å². The van der Waals surface area contributed by atoms with E-state index in [1.165, 1.54) is 30.1 Å². The van der Waals surface area contributed by atoms with Crippen molar-refractivity contribution in [1.82, 2.24) is 0 Å². The molecule has 72 valence electrons. The lowest BCUT2D eigenvalue weighted by Gasteiger charge is -1.98. The van der Waals surface area contributed by atoms with Gasteiger partial charge in [0, 0.05) is 11.5 Å². The molecule has 0 fully saturated rings. The van der Waals surface area contributed by atoms with Crippen LogP contribution in [0.4, 0.5) is 0 Å². The summed E-state index contributed by atoms with van der Waals surface area (Å²) >= 11 is 0.193. The van der Waals surface area contributed by atoms with E-state index in [4.69, 9.17) is 0 Å². The van der Waals surface area contributed by atoms with Crippen LogP contribution in [0.5, 0.6) is 0 Å². The molecule has 1 nitrogen and oxygen atoms in total. The first-order chi connectivity index (χ1) is 5.81. The SMILES string of the molecule is CC/C=C(/C)CCCCI=NC. The van der Waals surface area contributed by atoms with Gasteiger partial charge in [-0.2, -0.15) is 0 Å². The molecule has 0 aromatic rings. The Morgan fingerprint density at radius 3 is 2.75 bits per heavy atom. The summed E-state index contributed by atoms with van der Waals surface area (Å²) in [5, 5.41) is 0. The second kappa shape index (κ2) is 9.36. The monoisotopic (exact) mass is 281 g/mol. The van der Waals surface area contributed by atoms with Gasteiger partial charge in [0.05, 0.1) is 0 Å². The zero-order valence-electron chi connectivity index (χ0n) is 8.44. The van der Waals surface area contributed by atoms with Crippen molar-refractivity contribution in [1.29, 1.82) is 0 Å². The van der Waals surface area contributed by atoms with Crippen LogP contribution in [0, 0.1) is 0 Å². The molecule has 0 unspecified atom stereocenters. The average Bonchev–Trinajstić information content (AvgIpc) is 2.05. The van der Waals surface area contributed by atoms with Crippen molar-refractivity contribution < 1.29 is 0 Å². The second-order valence-electron chi connectivity index (χ2n) is 2.89. The van der Waals surface area contributed by atoms with Gasteiger partial charge in [-0.3, -0.25) is 3.15 Å². The Hall–Kier alpha value is 0.270. The number of allylic oxidation sites excluding steroid dienone is 2. The van der Waals surface area contributed by atoms with Gasteiger partial charge in [0.2, 0.25) is 0 Å². The van der Waals surface area contributed by atoms with Crippen LogP contribution >= 0.6 is 21.0 Å². The van der Waals surface area contributed by atoms with E-state index in [0.29, 0.717) is 0 Å². The zero-order valence-corrected chi connectivity index (χ0v) is 10.6. The number of unbranched alkanes of at least 4 members (excludes halogenated alkanes) is 1. The Balaban J connectivity index is 3.25. The van der Waals surface area contributed by atoms with E-state index >= 15 is 0 Å². The molecule has 0 aliphatic rings. The van der Waals surface area contributed by atoms with Crippen LogP contribution in [0.15, 0.2) is 14.8 Å². The zero-order chi connectivity index (χ0) is 9.23. The standard InChI is InChI=1S/C10H20IN/c1-4-7-10(2)8-5-6-9-11-12-3/h7H,4-6,8-9H2,1-3H3/b10-7-. The van der Waals surface area contributed by atoms with E-state index in [1.807, 2.05) is 7.05 Å². The summed E-state index contributed by atoms with van der Waals surface area (Å²) in [6.07, 6.45) is 7.54. The highest BCUT2D eigenvalue weighted by molar-refractivity contribution is 14.2. The quantitative estimate of drug-likeness (QED) is 0.298. The highest BCUT2D eigenvalue weighted by atomic mass is 127. The molecule has 2 heteroatoms. The molecule has 0 rings (SSSR count). The van der Waals surface area contributed by atoms with Crippen molar-refractivity contribution in [2.45, 2.75) is 39.5 Å². The molecule has 0 N–H and O–H groups in total. The highest BCUT2D eigenvalue weighted by Gasteiger charge is 1.89. The molecule has 0 amide bonds. The summed E-state index contributed by atoms with van der Waals surface area (Å²) in [5.74, 6) is 0. The molecule has 0 aliphatic carbocycles. The molecule has 0 aromatic heterocycles. The normalized spacial score (nSPS) is 13.4. The number of hydrogen-bond donors (Lipinski definition) is 0. The fraction of sp³-hybridized carbons (Fsp3) is 0.800. The smallest absolute Gasteiger partial charge is 0.0332 e. The first-order valence-corrected chi connectivity index (χ1v) is 7.13. The Labute approximate surface area is 86.8 Å². The predicted octanol–water partition coefficient (Wildman–Crippen LogP) is 4.30. The molecule has 0 saturated heterocycles. The van der Waals surface area contributed by atoms with E-state index in [1.54, 1.807) is 5.57 Å². The topological polar surface area (TPSA) is 12.4 Å². The van der Waals surface area contributed by atoms with Crippen molar-refractivity contribution in [3.05, 3.63) is 11.6 Å². The Bertz CT molecular complexity index is 150. The maximum Gasteiger partial charge on any atom is 0.0332 e. The largest absolute Gasteiger partial charge is 0.266 e. The first-order valence-electron chi connectivity index (χ1n) is 4.64. The molecule has 0 atom stereocenters. The second-order valence-corrected chi connectivity index (χ2v) is 5.62. The molecule has 0 spiro atoms. The van der Waals surface area contributed by atoms with Crippen LogP contribution in [0.25, 0.3) is 0 Å².